The predicted molar refractivity (Wildman–Crippen MR) is 115 cm³/mol. The summed E-state index contributed by atoms with van der Waals surface area (Å²) < 4.78 is 7.63. The first-order chi connectivity index (χ1) is 11.6. The standard InChI is InChI=1S/C21H31N2PS/c1-20(2,3)22-25(23-21(4,5)6)17-24(18-13-9-7-10-14-18)19-15-11-8-12-16-19/h7-16H,17H2,1-6H3,(H,22,23)/p+1. The van der Waals surface area contributed by atoms with Crippen LogP contribution < -0.4 is 15.3 Å². The van der Waals surface area contributed by atoms with Gasteiger partial charge in [-0.15, -0.1) is 0 Å². The summed E-state index contributed by atoms with van der Waals surface area (Å²) in [4.78, 5) is 0. The molecule has 0 heterocycles. The molecule has 0 spiro atoms. The van der Waals surface area contributed by atoms with Crippen molar-refractivity contribution in [3.05, 3.63) is 60.7 Å². The van der Waals surface area contributed by atoms with Crippen LogP contribution in [0.15, 0.2) is 65.0 Å². The van der Waals surface area contributed by atoms with Gasteiger partial charge < -0.3 is 0 Å². The molecule has 1 unspecified atom stereocenters. The first-order valence-electron chi connectivity index (χ1n) is 8.80. The van der Waals surface area contributed by atoms with Crippen LogP contribution in [-0.4, -0.2) is 16.6 Å². The molecule has 2 N–H and O–H groups in total. The van der Waals surface area contributed by atoms with E-state index in [9.17, 15) is 0 Å². The van der Waals surface area contributed by atoms with Crippen molar-refractivity contribution in [3.63, 3.8) is 0 Å². The summed E-state index contributed by atoms with van der Waals surface area (Å²) in [7, 11) is -0.475. The zero-order chi connectivity index (χ0) is 18.5. The van der Waals surface area contributed by atoms with Gasteiger partial charge in [0.2, 0.25) is 0 Å². The average Bonchev–Trinajstić information content (AvgIpc) is 2.51. The van der Waals surface area contributed by atoms with Gasteiger partial charge in [0.15, 0.2) is 0 Å². The van der Waals surface area contributed by atoms with E-state index < -0.39 is 7.92 Å². The second kappa shape index (κ2) is 8.58. The van der Waals surface area contributed by atoms with E-state index in [1.807, 2.05) is 0 Å². The van der Waals surface area contributed by atoms with Crippen LogP contribution in [0.3, 0.4) is 0 Å². The maximum Gasteiger partial charge on any atom is 0.0986 e. The molecule has 0 saturated heterocycles. The lowest BCUT2D eigenvalue weighted by Crippen LogP contribution is -2.94. The van der Waals surface area contributed by atoms with E-state index in [4.69, 9.17) is 4.36 Å². The Labute approximate surface area is 157 Å². The molecular weight excluding hydrogens is 343 g/mol. The highest BCUT2D eigenvalue weighted by molar-refractivity contribution is 7.93. The second-order valence-electron chi connectivity index (χ2n) is 8.38. The Hall–Kier alpha value is -1.02. The lowest BCUT2D eigenvalue weighted by Gasteiger charge is -2.25. The van der Waals surface area contributed by atoms with Gasteiger partial charge >= 0.3 is 0 Å². The number of benzene rings is 2. The Balaban J connectivity index is 2.41. The average molecular weight is 376 g/mol. The SMILES string of the molecule is CC(C)(C)N=S(CP(c1ccccc1)c1ccccc1)[NH2+]C(C)(C)C. The van der Waals surface area contributed by atoms with E-state index in [-0.39, 0.29) is 22.0 Å². The number of hydrogen-bond donors (Lipinski definition) is 1. The molecule has 0 fully saturated rings. The maximum atomic E-state index is 5.17. The molecule has 136 valence electrons. The smallest absolute Gasteiger partial charge is 0.0986 e. The molecule has 4 heteroatoms. The largest absolute Gasteiger partial charge is 0.274 e. The fourth-order valence-corrected chi connectivity index (χ4v) is 8.21. The van der Waals surface area contributed by atoms with Gasteiger partial charge in [0.05, 0.1) is 27.4 Å². The van der Waals surface area contributed by atoms with Crippen LogP contribution in [-0.2, 0) is 10.9 Å². The molecule has 1 atom stereocenters. The van der Waals surface area contributed by atoms with Crippen LogP contribution in [0.4, 0.5) is 0 Å². The Morgan fingerprint density at radius 1 is 0.800 bits per heavy atom. The summed E-state index contributed by atoms with van der Waals surface area (Å²) in [6.45, 7) is 13.4. The molecule has 0 saturated carbocycles. The summed E-state index contributed by atoms with van der Waals surface area (Å²) in [6, 6.07) is 21.9. The molecule has 2 aromatic rings. The van der Waals surface area contributed by atoms with Gasteiger partial charge in [-0.25, -0.2) is 4.36 Å². The van der Waals surface area contributed by atoms with Gasteiger partial charge in [-0.1, -0.05) is 60.7 Å². The molecule has 0 aliphatic heterocycles. The van der Waals surface area contributed by atoms with Gasteiger partial charge in [-0.2, -0.15) is 0 Å². The van der Waals surface area contributed by atoms with Crippen molar-refractivity contribution >= 4 is 29.4 Å². The Bertz CT molecular complexity index is 646. The lowest BCUT2D eigenvalue weighted by atomic mass is 10.1. The van der Waals surface area contributed by atoms with Gasteiger partial charge in [0.25, 0.3) is 0 Å². The quantitative estimate of drug-likeness (QED) is 0.767. The highest BCUT2D eigenvalue weighted by Crippen LogP contribution is 2.34. The number of hydrogen-bond acceptors (Lipinski definition) is 1. The monoisotopic (exact) mass is 375 g/mol. The van der Waals surface area contributed by atoms with Gasteiger partial charge in [0.1, 0.15) is 0 Å². The van der Waals surface area contributed by atoms with Crippen LogP contribution in [0.5, 0.6) is 0 Å². The zero-order valence-corrected chi connectivity index (χ0v) is 18.1. The van der Waals surface area contributed by atoms with Crippen LogP contribution in [0.1, 0.15) is 41.5 Å². The third-order valence-corrected chi connectivity index (χ3v) is 8.97. The fourth-order valence-electron chi connectivity index (χ4n) is 2.50. The number of nitrogens with zero attached hydrogens (tertiary/aromatic N) is 1. The van der Waals surface area contributed by atoms with Crippen molar-refractivity contribution in [1.82, 2.24) is 0 Å². The summed E-state index contributed by atoms with van der Waals surface area (Å²) in [5, 5.41) is 2.88. The molecule has 0 amide bonds. The lowest BCUT2D eigenvalue weighted by molar-refractivity contribution is -0.565. The summed E-state index contributed by atoms with van der Waals surface area (Å²) in [5.41, 5.74) is 1.25. The van der Waals surface area contributed by atoms with Crippen molar-refractivity contribution in [1.29, 1.82) is 0 Å². The number of nitrogens with two attached hydrogens (primary N) is 1. The van der Waals surface area contributed by atoms with Crippen LogP contribution in [0.25, 0.3) is 0 Å². The molecule has 2 nitrogen and oxygen atoms in total. The topological polar surface area (TPSA) is 29.0 Å². The van der Waals surface area contributed by atoms with Crippen LogP contribution in [0.2, 0.25) is 0 Å². The minimum atomic E-state index is -0.409. The van der Waals surface area contributed by atoms with Crippen LogP contribution in [0, 0.1) is 0 Å². The molecule has 0 bridgehead atoms. The molecule has 0 aliphatic carbocycles. The summed E-state index contributed by atoms with van der Waals surface area (Å²) in [5.74, 6) is 0. The number of rotatable bonds is 5. The molecule has 0 radical (unpaired) electrons. The molecule has 2 aromatic carbocycles. The van der Waals surface area contributed by atoms with E-state index in [2.05, 4.69) is 107 Å². The van der Waals surface area contributed by atoms with Crippen LogP contribution >= 0.6 is 7.92 Å². The van der Waals surface area contributed by atoms with Gasteiger partial charge in [-0.05, 0) is 60.1 Å². The predicted octanol–water partition coefficient (Wildman–Crippen LogP) is 3.95. The summed E-state index contributed by atoms with van der Waals surface area (Å²) in [6.07, 6.45) is 0. The number of quaternary nitrogens is 1. The van der Waals surface area contributed by atoms with E-state index in [0.717, 1.165) is 5.49 Å². The molecule has 25 heavy (non-hydrogen) atoms. The van der Waals surface area contributed by atoms with Crippen molar-refractivity contribution in [2.45, 2.75) is 52.6 Å². The van der Waals surface area contributed by atoms with Gasteiger partial charge in [0, 0.05) is 0 Å². The Kier molecular flexibility index (Phi) is 6.96. The van der Waals surface area contributed by atoms with Gasteiger partial charge in [-0.3, -0.25) is 4.72 Å². The van der Waals surface area contributed by atoms with E-state index in [0.29, 0.717) is 0 Å². The third-order valence-electron chi connectivity index (χ3n) is 3.28. The molecule has 2 rings (SSSR count). The molecule has 0 aromatic heterocycles. The minimum absolute atomic E-state index is 0.0146. The normalized spacial score (nSPS) is 14.0. The highest BCUT2D eigenvalue weighted by atomic mass is 32.2. The Morgan fingerprint density at radius 3 is 1.60 bits per heavy atom. The first-order valence-corrected chi connectivity index (χ1v) is 11.7. The molecular formula is C21H32N2PS+. The second-order valence-corrected chi connectivity index (χ2v) is 12.5. The van der Waals surface area contributed by atoms with Crippen molar-refractivity contribution in [2.24, 2.45) is 4.36 Å². The highest BCUT2D eigenvalue weighted by Gasteiger charge is 2.24. The maximum absolute atomic E-state index is 5.17. The summed E-state index contributed by atoms with van der Waals surface area (Å²) >= 11 is 0. The van der Waals surface area contributed by atoms with E-state index in [1.165, 1.54) is 10.6 Å². The van der Waals surface area contributed by atoms with E-state index >= 15 is 0 Å². The fraction of sp³-hybridized carbons (Fsp3) is 0.429. The Morgan fingerprint density at radius 2 is 1.24 bits per heavy atom. The third kappa shape index (κ3) is 7.40. The van der Waals surface area contributed by atoms with E-state index in [1.54, 1.807) is 0 Å². The molecule has 0 aliphatic rings. The zero-order valence-electron chi connectivity index (χ0n) is 16.4. The van der Waals surface area contributed by atoms with Crippen molar-refractivity contribution in [3.8, 4) is 0 Å². The van der Waals surface area contributed by atoms with Crippen molar-refractivity contribution < 1.29 is 4.72 Å². The van der Waals surface area contributed by atoms with Crippen molar-refractivity contribution in [2.75, 3.05) is 5.49 Å². The first kappa shape index (κ1) is 20.3. The minimum Gasteiger partial charge on any atom is -0.274 e.